The van der Waals surface area contributed by atoms with E-state index in [0.717, 1.165) is 23.5 Å². The summed E-state index contributed by atoms with van der Waals surface area (Å²) < 4.78 is 1.47. The quantitative estimate of drug-likeness (QED) is 0.793. The largest absolute Gasteiger partial charge is 0.382 e. The second-order valence-corrected chi connectivity index (χ2v) is 4.60. The zero-order valence-electron chi connectivity index (χ0n) is 10.2. The van der Waals surface area contributed by atoms with E-state index in [2.05, 4.69) is 18.8 Å². The molecule has 0 radical (unpaired) electrons. The average molecular weight is 230 g/mol. The van der Waals surface area contributed by atoms with Gasteiger partial charge in [-0.1, -0.05) is 44.2 Å². The van der Waals surface area contributed by atoms with Crippen molar-refractivity contribution in [3.05, 3.63) is 36.0 Å². The molecule has 1 aromatic carbocycles. The zero-order valence-corrected chi connectivity index (χ0v) is 10.2. The van der Waals surface area contributed by atoms with Gasteiger partial charge in [0.05, 0.1) is 5.69 Å². The summed E-state index contributed by atoms with van der Waals surface area (Å²) >= 11 is 0. The number of hydrogen-bond acceptors (Lipinski definition) is 3. The van der Waals surface area contributed by atoms with E-state index < -0.39 is 0 Å². The van der Waals surface area contributed by atoms with Crippen molar-refractivity contribution >= 4 is 5.82 Å². The van der Waals surface area contributed by atoms with E-state index >= 15 is 0 Å². The first-order chi connectivity index (χ1) is 8.09. The molecule has 0 amide bonds. The molecule has 0 unspecified atom stereocenters. The summed E-state index contributed by atoms with van der Waals surface area (Å²) in [5, 5.41) is 0. The Hall–Kier alpha value is -1.97. The van der Waals surface area contributed by atoms with Crippen LogP contribution in [0.2, 0.25) is 0 Å². The smallest absolute Gasteiger partial charge is 0.160 e. The number of nitrogen functional groups attached to an aromatic ring is 2. The molecule has 0 aliphatic heterocycles. The van der Waals surface area contributed by atoms with Crippen molar-refractivity contribution in [3.8, 4) is 11.4 Å². The fraction of sp³-hybridized carbons (Fsp3) is 0.308. The number of nitrogens with two attached hydrogens (primary N) is 2. The maximum atomic E-state index is 5.96. The number of benzene rings is 1. The molecule has 0 atom stereocenters. The molecule has 0 saturated carbocycles. The predicted molar refractivity (Wildman–Crippen MR) is 70.8 cm³/mol. The molecule has 1 heterocycles. The van der Waals surface area contributed by atoms with Gasteiger partial charge in [-0.2, -0.15) is 0 Å². The van der Waals surface area contributed by atoms with Crippen molar-refractivity contribution < 1.29 is 0 Å². The Kier molecular flexibility index (Phi) is 3.04. The molecule has 0 spiro atoms. The minimum Gasteiger partial charge on any atom is -0.382 e. The molecule has 90 valence electrons. The number of aromatic nitrogens is 2. The van der Waals surface area contributed by atoms with Crippen LogP contribution in [0.3, 0.4) is 0 Å². The van der Waals surface area contributed by atoms with Gasteiger partial charge in [-0.25, -0.2) is 9.66 Å². The van der Waals surface area contributed by atoms with Gasteiger partial charge in [-0.05, 0) is 12.3 Å². The summed E-state index contributed by atoms with van der Waals surface area (Å²) in [5.74, 6) is 7.72. The van der Waals surface area contributed by atoms with Gasteiger partial charge in [-0.15, -0.1) is 0 Å². The number of hydrogen-bond donors (Lipinski definition) is 2. The molecule has 4 nitrogen and oxygen atoms in total. The number of imidazole rings is 1. The third kappa shape index (κ3) is 2.25. The van der Waals surface area contributed by atoms with Gasteiger partial charge >= 0.3 is 0 Å². The summed E-state index contributed by atoms with van der Waals surface area (Å²) in [4.78, 5) is 4.53. The first kappa shape index (κ1) is 11.5. The highest BCUT2D eigenvalue weighted by molar-refractivity contribution is 5.60. The Balaban J connectivity index is 2.43. The number of anilines is 1. The summed E-state index contributed by atoms with van der Waals surface area (Å²) in [6.07, 6.45) is 0.843. The topological polar surface area (TPSA) is 69.9 Å². The second kappa shape index (κ2) is 4.49. The van der Waals surface area contributed by atoms with Gasteiger partial charge in [0.25, 0.3) is 0 Å². The van der Waals surface area contributed by atoms with Crippen LogP contribution in [0.15, 0.2) is 30.3 Å². The molecular weight excluding hydrogens is 212 g/mol. The normalized spacial score (nSPS) is 11.0. The van der Waals surface area contributed by atoms with Crippen LogP contribution in [0.25, 0.3) is 11.4 Å². The standard InChI is InChI=1S/C13H18N4/c1-9(2)8-11-12(14)17(15)13(16-11)10-6-4-3-5-7-10/h3-7,9H,8,14-15H2,1-2H3. The molecule has 17 heavy (non-hydrogen) atoms. The molecule has 4 N–H and O–H groups in total. The third-order valence-corrected chi connectivity index (χ3v) is 2.66. The van der Waals surface area contributed by atoms with Crippen LogP contribution in [-0.4, -0.2) is 9.66 Å². The minimum absolute atomic E-state index is 0.510. The molecule has 4 heteroatoms. The highest BCUT2D eigenvalue weighted by Crippen LogP contribution is 2.23. The number of nitrogens with zero attached hydrogens (tertiary/aromatic N) is 2. The minimum atomic E-state index is 0.510. The summed E-state index contributed by atoms with van der Waals surface area (Å²) in [5.41, 5.74) is 7.82. The monoisotopic (exact) mass is 230 g/mol. The van der Waals surface area contributed by atoms with Gasteiger partial charge in [0.2, 0.25) is 0 Å². The Morgan fingerprint density at radius 3 is 2.47 bits per heavy atom. The summed E-state index contributed by atoms with van der Waals surface area (Å²) in [6.45, 7) is 4.27. The van der Waals surface area contributed by atoms with Crippen LogP contribution in [0.1, 0.15) is 19.5 Å². The van der Waals surface area contributed by atoms with Gasteiger partial charge in [0.15, 0.2) is 5.82 Å². The van der Waals surface area contributed by atoms with E-state index in [1.165, 1.54) is 4.68 Å². The van der Waals surface area contributed by atoms with E-state index in [1.54, 1.807) is 0 Å². The Morgan fingerprint density at radius 2 is 1.88 bits per heavy atom. The predicted octanol–water partition coefficient (Wildman–Crippen LogP) is 2.04. The lowest BCUT2D eigenvalue weighted by Gasteiger charge is -2.03. The fourth-order valence-corrected chi connectivity index (χ4v) is 1.82. The lowest BCUT2D eigenvalue weighted by molar-refractivity contribution is 0.639. The molecule has 0 aliphatic carbocycles. The van der Waals surface area contributed by atoms with Crippen molar-refractivity contribution in [2.45, 2.75) is 20.3 Å². The van der Waals surface area contributed by atoms with Crippen LogP contribution >= 0.6 is 0 Å². The first-order valence-corrected chi connectivity index (χ1v) is 5.77. The molecule has 0 fully saturated rings. The number of rotatable bonds is 3. The maximum Gasteiger partial charge on any atom is 0.160 e. The first-order valence-electron chi connectivity index (χ1n) is 5.77. The summed E-state index contributed by atoms with van der Waals surface area (Å²) in [7, 11) is 0. The van der Waals surface area contributed by atoms with Crippen LogP contribution in [0, 0.1) is 5.92 Å². The van der Waals surface area contributed by atoms with E-state index in [9.17, 15) is 0 Å². The van der Waals surface area contributed by atoms with E-state index in [0.29, 0.717) is 11.7 Å². The SMILES string of the molecule is CC(C)Cc1nc(-c2ccccc2)n(N)c1N. The molecular formula is C13H18N4. The maximum absolute atomic E-state index is 5.96. The van der Waals surface area contributed by atoms with Gasteiger partial charge in [0, 0.05) is 5.56 Å². The third-order valence-electron chi connectivity index (χ3n) is 2.66. The van der Waals surface area contributed by atoms with E-state index in [1.807, 2.05) is 30.3 Å². The van der Waals surface area contributed by atoms with Crippen molar-refractivity contribution in [2.75, 3.05) is 11.6 Å². The van der Waals surface area contributed by atoms with Crippen LogP contribution in [0.5, 0.6) is 0 Å². The van der Waals surface area contributed by atoms with Crippen LogP contribution < -0.4 is 11.6 Å². The molecule has 2 aromatic rings. The van der Waals surface area contributed by atoms with Crippen molar-refractivity contribution in [1.82, 2.24) is 9.66 Å². The van der Waals surface area contributed by atoms with E-state index in [4.69, 9.17) is 11.6 Å². The fourth-order valence-electron chi connectivity index (χ4n) is 1.82. The van der Waals surface area contributed by atoms with E-state index in [-0.39, 0.29) is 0 Å². The van der Waals surface area contributed by atoms with Crippen molar-refractivity contribution in [3.63, 3.8) is 0 Å². The molecule has 1 aromatic heterocycles. The second-order valence-electron chi connectivity index (χ2n) is 4.60. The zero-order chi connectivity index (χ0) is 12.4. The van der Waals surface area contributed by atoms with Gasteiger partial charge in [0.1, 0.15) is 5.82 Å². The highest BCUT2D eigenvalue weighted by Gasteiger charge is 2.14. The van der Waals surface area contributed by atoms with Crippen LogP contribution in [-0.2, 0) is 6.42 Å². The van der Waals surface area contributed by atoms with Gasteiger partial charge in [-0.3, -0.25) is 0 Å². The highest BCUT2D eigenvalue weighted by atomic mass is 15.4. The Labute approximate surface area is 101 Å². The summed E-state index contributed by atoms with van der Waals surface area (Å²) in [6, 6.07) is 9.84. The lowest BCUT2D eigenvalue weighted by Crippen LogP contribution is -2.13. The molecule has 0 aliphatic rings. The van der Waals surface area contributed by atoms with Crippen molar-refractivity contribution in [1.29, 1.82) is 0 Å². The molecule has 2 rings (SSSR count). The Bertz CT molecular complexity index is 500. The van der Waals surface area contributed by atoms with Crippen LogP contribution in [0.4, 0.5) is 5.82 Å². The lowest BCUT2D eigenvalue weighted by atomic mass is 10.1. The Morgan fingerprint density at radius 1 is 1.24 bits per heavy atom. The van der Waals surface area contributed by atoms with Crippen molar-refractivity contribution in [2.24, 2.45) is 5.92 Å². The molecule has 0 saturated heterocycles. The average Bonchev–Trinajstić information content (AvgIpc) is 2.58. The van der Waals surface area contributed by atoms with Gasteiger partial charge < -0.3 is 11.6 Å². The molecule has 0 bridgehead atoms.